The molecule has 0 radical (unpaired) electrons. The molecule has 2 fully saturated rings. The maximum atomic E-state index is 11.7. The van der Waals surface area contributed by atoms with Crippen molar-refractivity contribution in [3.8, 4) is 12.3 Å². The van der Waals surface area contributed by atoms with Crippen LogP contribution in [0.4, 0.5) is 0 Å². The molecule has 0 aromatic carbocycles. The zero-order valence-electron chi connectivity index (χ0n) is 8.03. The maximum Gasteiger partial charge on any atom is 0.233 e. The second kappa shape index (κ2) is 3.45. The zero-order valence-corrected chi connectivity index (χ0v) is 8.03. The van der Waals surface area contributed by atoms with Gasteiger partial charge in [-0.2, -0.15) is 0 Å². The van der Waals surface area contributed by atoms with Gasteiger partial charge >= 0.3 is 0 Å². The van der Waals surface area contributed by atoms with Gasteiger partial charge in [0, 0.05) is 13.0 Å². The van der Waals surface area contributed by atoms with E-state index < -0.39 is 0 Å². The van der Waals surface area contributed by atoms with Crippen LogP contribution in [-0.4, -0.2) is 23.3 Å². The molecule has 1 saturated heterocycles. The largest absolute Gasteiger partial charge is 0.281 e. The Labute approximate surface area is 83.5 Å². The van der Waals surface area contributed by atoms with Gasteiger partial charge in [-0.05, 0) is 12.8 Å². The maximum absolute atomic E-state index is 11.7. The predicted molar refractivity (Wildman–Crippen MR) is 51.0 cm³/mol. The van der Waals surface area contributed by atoms with Gasteiger partial charge in [-0.3, -0.25) is 14.5 Å². The standard InChI is InChI=1S/C11H13NO2/c1-2-3-7-12-10(13)8-5-4-6-9(8)11(12)14/h1,8-9H,3-7H2. The highest BCUT2D eigenvalue weighted by atomic mass is 16.2. The second-order valence-electron chi connectivity index (χ2n) is 3.93. The van der Waals surface area contributed by atoms with E-state index >= 15 is 0 Å². The van der Waals surface area contributed by atoms with Gasteiger partial charge in [-0.25, -0.2) is 0 Å². The van der Waals surface area contributed by atoms with E-state index in [0.29, 0.717) is 13.0 Å². The molecule has 0 bridgehead atoms. The smallest absolute Gasteiger partial charge is 0.233 e. The fourth-order valence-corrected chi connectivity index (χ4v) is 2.46. The molecule has 74 valence electrons. The number of rotatable bonds is 2. The van der Waals surface area contributed by atoms with Gasteiger partial charge in [0.1, 0.15) is 0 Å². The SMILES string of the molecule is C#CCCN1C(=O)C2CCCC2C1=O. The highest BCUT2D eigenvalue weighted by molar-refractivity contribution is 6.05. The summed E-state index contributed by atoms with van der Waals surface area (Å²) in [6, 6.07) is 0. The summed E-state index contributed by atoms with van der Waals surface area (Å²) in [5.41, 5.74) is 0. The number of hydrogen-bond acceptors (Lipinski definition) is 2. The van der Waals surface area contributed by atoms with Crippen LogP contribution in [0.5, 0.6) is 0 Å². The first-order valence-electron chi connectivity index (χ1n) is 5.04. The Hall–Kier alpha value is -1.30. The normalized spacial score (nSPS) is 30.6. The Balaban J connectivity index is 2.10. The van der Waals surface area contributed by atoms with Crippen molar-refractivity contribution >= 4 is 11.8 Å². The van der Waals surface area contributed by atoms with Gasteiger partial charge in [0.2, 0.25) is 11.8 Å². The Morgan fingerprint density at radius 1 is 1.29 bits per heavy atom. The Bertz CT molecular complexity index is 294. The molecule has 2 amide bonds. The third kappa shape index (κ3) is 1.22. The summed E-state index contributed by atoms with van der Waals surface area (Å²) < 4.78 is 0. The fourth-order valence-electron chi connectivity index (χ4n) is 2.46. The van der Waals surface area contributed by atoms with Crippen LogP contribution in [0.15, 0.2) is 0 Å². The molecule has 1 aliphatic carbocycles. The lowest BCUT2D eigenvalue weighted by Gasteiger charge is -2.13. The van der Waals surface area contributed by atoms with E-state index in [2.05, 4.69) is 5.92 Å². The molecule has 0 spiro atoms. The van der Waals surface area contributed by atoms with Crippen LogP contribution >= 0.6 is 0 Å². The van der Waals surface area contributed by atoms with Crippen molar-refractivity contribution in [1.82, 2.24) is 4.90 Å². The summed E-state index contributed by atoms with van der Waals surface area (Å²) in [6.45, 7) is 0.404. The molecule has 0 N–H and O–H groups in total. The monoisotopic (exact) mass is 191 g/mol. The Morgan fingerprint density at radius 2 is 1.86 bits per heavy atom. The summed E-state index contributed by atoms with van der Waals surface area (Å²) in [5.74, 6) is 2.41. The minimum absolute atomic E-state index is 0.00718. The molecular weight excluding hydrogens is 178 g/mol. The molecule has 1 saturated carbocycles. The third-order valence-electron chi connectivity index (χ3n) is 3.16. The lowest BCUT2D eigenvalue weighted by atomic mass is 10.00. The van der Waals surface area contributed by atoms with Crippen LogP contribution in [0.3, 0.4) is 0 Å². The number of amides is 2. The van der Waals surface area contributed by atoms with Gasteiger partial charge in [0.15, 0.2) is 0 Å². The molecule has 3 heteroatoms. The average molecular weight is 191 g/mol. The molecule has 3 nitrogen and oxygen atoms in total. The number of imide groups is 1. The van der Waals surface area contributed by atoms with Crippen molar-refractivity contribution in [3.05, 3.63) is 0 Å². The van der Waals surface area contributed by atoms with E-state index in [9.17, 15) is 9.59 Å². The van der Waals surface area contributed by atoms with Crippen LogP contribution in [0.25, 0.3) is 0 Å². The van der Waals surface area contributed by atoms with Crippen LogP contribution < -0.4 is 0 Å². The number of fused-ring (bicyclic) bond motifs is 1. The highest BCUT2D eigenvalue weighted by Gasteiger charge is 2.49. The number of carbonyl (C=O) groups excluding carboxylic acids is 2. The first-order valence-corrected chi connectivity index (χ1v) is 5.04. The van der Waals surface area contributed by atoms with Crippen molar-refractivity contribution in [1.29, 1.82) is 0 Å². The van der Waals surface area contributed by atoms with E-state index in [1.807, 2.05) is 0 Å². The Kier molecular flexibility index (Phi) is 2.28. The second-order valence-corrected chi connectivity index (χ2v) is 3.93. The van der Waals surface area contributed by atoms with Gasteiger partial charge in [-0.1, -0.05) is 6.42 Å². The number of nitrogens with zero attached hydrogens (tertiary/aromatic N) is 1. The van der Waals surface area contributed by atoms with Crippen LogP contribution in [0, 0.1) is 24.2 Å². The quantitative estimate of drug-likeness (QED) is 0.478. The van der Waals surface area contributed by atoms with Crippen molar-refractivity contribution in [2.24, 2.45) is 11.8 Å². The van der Waals surface area contributed by atoms with Gasteiger partial charge < -0.3 is 0 Å². The minimum atomic E-state index is -0.0275. The first kappa shape index (κ1) is 9.26. The number of likely N-dealkylation sites (tertiary alicyclic amines) is 1. The van der Waals surface area contributed by atoms with Crippen molar-refractivity contribution in [2.75, 3.05) is 6.54 Å². The molecule has 2 atom stereocenters. The van der Waals surface area contributed by atoms with E-state index in [-0.39, 0.29) is 23.7 Å². The molecule has 1 heterocycles. The van der Waals surface area contributed by atoms with Gasteiger partial charge in [0.25, 0.3) is 0 Å². The number of terminal acetylenes is 1. The molecule has 2 rings (SSSR count). The molecule has 0 aromatic heterocycles. The van der Waals surface area contributed by atoms with E-state index in [4.69, 9.17) is 6.42 Å². The molecule has 14 heavy (non-hydrogen) atoms. The number of carbonyl (C=O) groups is 2. The summed E-state index contributed by atoms with van der Waals surface area (Å²) in [4.78, 5) is 24.8. The summed E-state index contributed by atoms with van der Waals surface area (Å²) in [5, 5.41) is 0. The minimum Gasteiger partial charge on any atom is -0.281 e. The van der Waals surface area contributed by atoms with Crippen LogP contribution in [0.2, 0.25) is 0 Å². The van der Waals surface area contributed by atoms with E-state index in [1.165, 1.54) is 4.90 Å². The molecule has 2 aliphatic rings. The first-order chi connectivity index (χ1) is 6.75. The number of hydrogen-bond donors (Lipinski definition) is 0. The highest BCUT2D eigenvalue weighted by Crippen LogP contribution is 2.39. The van der Waals surface area contributed by atoms with Crippen LogP contribution in [-0.2, 0) is 9.59 Å². The average Bonchev–Trinajstić information content (AvgIpc) is 2.72. The van der Waals surface area contributed by atoms with E-state index in [1.54, 1.807) is 0 Å². The topological polar surface area (TPSA) is 37.4 Å². The lowest BCUT2D eigenvalue weighted by molar-refractivity contribution is -0.140. The van der Waals surface area contributed by atoms with Gasteiger partial charge in [0.05, 0.1) is 11.8 Å². The fraction of sp³-hybridized carbons (Fsp3) is 0.636. The van der Waals surface area contributed by atoms with E-state index in [0.717, 1.165) is 19.3 Å². The summed E-state index contributed by atoms with van der Waals surface area (Å²) in [7, 11) is 0. The van der Waals surface area contributed by atoms with Crippen LogP contribution in [0.1, 0.15) is 25.7 Å². The van der Waals surface area contributed by atoms with Crippen molar-refractivity contribution in [2.45, 2.75) is 25.7 Å². The zero-order chi connectivity index (χ0) is 10.1. The molecule has 0 aromatic rings. The molecular formula is C11H13NO2. The van der Waals surface area contributed by atoms with Gasteiger partial charge in [-0.15, -0.1) is 12.3 Å². The van der Waals surface area contributed by atoms with Crippen molar-refractivity contribution in [3.63, 3.8) is 0 Å². The predicted octanol–water partition coefficient (Wildman–Crippen LogP) is 0.795. The summed E-state index contributed by atoms with van der Waals surface area (Å²) >= 11 is 0. The van der Waals surface area contributed by atoms with Crippen molar-refractivity contribution < 1.29 is 9.59 Å². The third-order valence-corrected chi connectivity index (χ3v) is 3.16. The summed E-state index contributed by atoms with van der Waals surface area (Å²) in [6.07, 6.45) is 8.35. The lowest BCUT2D eigenvalue weighted by Crippen LogP contribution is -2.32. The Morgan fingerprint density at radius 3 is 2.36 bits per heavy atom. The molecule has 2 unspecified atom stereocenters. The molecule has 1 aliphatic heterocycles.